The number of pyridine rings is 1. The fourth-order valence-electron chi connectivity index (χ4n) is 2.47. The van der Waals surface area contributed by atoms with Gasteiger partial charge in [0.15, 0.2) is 5.82 Å². The maximum absolute atomic E-state index is 13.9. The molecule has 0 radical (unpaired) electrons. The summed E-state index contributed by atoms with van der Waals surface area (Å²) in [5.41, 5.74) is 2.56. The molecule has 5 nitrogen and oxygen atoms in total. The molecular weight excluding hydrogens is 343 g/mol. The van der Waals surface area contributed by atoms with Gasteiger partial charge in [0.2, 0.25) is 0 Å². The predicted molar refractivity (Wildman–Crippen MR) is 94.9 cm³/mol. The summed E-state index contributed by atoms with van der Waals surface area (Å²) in [5, 5.41) is 7.02. The average Bonchev–Trinajstić information content (AvgIpc) is 2.89. The molecule has 3 rings (SSSR count). The summed E-state index contributed by atoms with van der Waals surface area (Å²) in [6.07, 6.45) is 0. The summed E-state index contributed by atoms with van der Waals surface area (Å²) < 4.78 is 15.6. The largest absolute Gasteiger partial charge is 0.318 e. The monoisotopic (exact) mass is 358 g/mol. The number of anilines is 1. The average molecular weight is 359 g/mol. The molecule has 128 valence electrons. The third-order valence-electron chi connectivity index (χ3n) is 3.65. The summed E-state index contributed by atoms with van der Waals surface area (Å²) >= 11 is 6.11. The van der Waals surface area contributed by atoms with Crippen LogP contribution in [0.2, 0.25) is 5.02 Å². The lowest BCUT2D eigenvalue weighted by Gasteiger charge is -2.10. The third kappa shape index (κ3) is 3.53. The number of rotatable bonds is 3. The summed E-state index contributed by atoms with van der Waals surface area (Å²) in [5.74, 6) is -0.639. The lowest BCUT2D eigenvalue weighted by atomic mass is 10.2. The van der Waals surface area contributed by atoms with Crippen LogP contribution in [0, 0.1) is 26.6 Å². The Labute approximate surface area is 149 Å². The van der Waals surface area contributed by atoms with Crippen LogP contribution in [-0.4, -0.2) is 20.7 Å². The van der Waals surface area contributed by atoms with Crippen molar-refractivity contribution in [1.82, 2.24) is 14.8 Å². The van der Waals surface area contributed by atoms with Crippen LogP contribution < -0.4 is 5.32 Å². The van der Waals surface area contributed by atoms with Crippen molar-refractivity contribution in [3.63, 3.8) is 0 Å². The number of amides is 1. The van der Waals surface area contributed by atoms with Crippen LogP contribution in [0.1, 0.15) is 27.4 Å². The van der Waals surface area contributed by atoms with Crippen LogP contribution in [0.15, 0.2) is 36.4 Å². The van der Waals surface area contributed by atoms with Gasteiger partial charge in [-0.3, -0.25) is 4.79 Å². The number of hydrogen-bond donors (Lipinski definition) is 1. The molecule has 0 aliphatic rings. The fraction of sp³-hybridized carbons (Fsp3) is 0.167. The van der Waals surface area contributed by atoms with E-state index >= 15 is 0 Å². The number of halogens is 2. The molecule has 0 spiro atoms. The minimum Gasteiger partial charge on any atom is -0.318 e. The van der Waals surface area contributed by atoms with Crippen molar-refractivity contribution < 1.29 is 9.18 Å². The molecule has 1 aromatic carbocycles. The molecule has 7 heteroatoms. The molecule has 3 aromatic rings. The van der Waals surface area contributed by atoms with Crippen LogP contribution in [0.3, 0.4) is 0 Å². The first-order valence-corrected chi connectivity index (χ1v) is 8.00. The van der Waals surface area contributed by atoms with Gasteiger partial charge >= 0.3 is 0 Å². The van der Waals surface area contributed by atoms with Gasteiger partial charge in [-0.1, -0.05) is 17.7 Å². The second-order valence-corrected chi connectivity index (χ2v) is 6.18. The van der Waals surface area contributed by atoms with E-state index in [4.69, 9.17) is 11.6 Å². The number of hydrogen-bond acceptors (Lipinski definition) is 3. The first kappa shape index (κ1) is 17.1. The van der Waals surface area contributed by atoms with Gasteiger partial charge in [-0.15, -0.1) is 0 Å². The molecule has 1 amide bonds. The molecule has 2 heterocycles. The highest BCUT2D eigenvalue weighted by Crippen LogP contribution is 2.21. The van der Waals surface area contributed by atoms with Gasteiger partial charge in [0.05, 0.1) is 16.4 Å². The van der Waals surface area contributed by atoms with Crippen molar-refractivity contribution in [3.8, 4) is 5.82 Å². The summed E-state index contributed by atoms with van der Waals surface area (Å²) in [7, 11) is 0. The van der Waals surface area contributed by atoms with Crippen LogP contribution >= 0.6 is 11.6 Å². The van der Waals surface area contributed by atoms with E-state index in [9.17, 15) is 9.18 Å². The number of carbonyl (C=O) groups excluding carboxylic acids is 1. The Morgan fingerprint density at radius 1 is 1.16 bits per heavy atom. The van der Waals surface area contributed by atoms with Crippen molar-refractivity contribution >= 4 is 23.2 Å². The zero-order chi connectivity index (χ0) is 18.1. The highest BCUT2D eigenvalue weighted by molar-refractivity contribution is 6.34. The number of carbonyl (C=O) groups is 1. The van der Waals surface area contributed by atoms with Crippen molar-refractivity contribution in [2.24, 2.45) is 0 Å². The van der Waals surface area contributed by atoms with E-state index < -0.39 is 11.7 Å². The highest BCUT2D eigenvalue weighted by atomic mass is 35.5. The van der Waals surface area contributed by atoms with Crippen LogP contribution in [0.5, 0.6) is 0 Å². The Kier molecular flexibility index (Phi) is 4.55. The molecule has 0 aliphatic carbocycles. The van der Waals surface area contributed by atoms with Crippen LogP contribution in [0.25, 0.3) is 5.82 Å². The van der Waals surface area contributed by atoms with E-state index in [1.807, 2.05) is 19.9 Å². The van der Waals surface area contributed by atoms with E-state index in [0.717, 1.165) is 17.0 Å². The number of aromatic nitrogens is 3. The van der Waals surface area contributed by atoms with Crippen molar-refractivity contribution in [1.29, 1.82) is 0 Å². The summed E-state index contributed by atoms with van der Waals surface area (Å²) in [4.78, 5) is 16.8. The van der Waals surface area contributed by atoms with Gasteiger partial charge in [0, 0.05) is 5.69 Å². The van der Waals surface area contributed by atoms with Gasteiger partial charge in [-0.05, 0) is 56.7 Å². The Bertz CT molecular complexity index is 968. The first-order chi connectivity index (χ1) is 11.8. The molecule has 0 unspecified atom stereocenters. The summed E-state index contributed by atoms with van der Waals surface area (Å²) in [6, 6.07) is 9.70. The SMILES string of the molecule is Cc1ccc(NC(=O)c2nc(-n3nc(C)cc3C)ccc2Cl)c(F)c1. The molecule has 1 N–H and O–H groups in total. The smallest absolute Gasteiger partial charge is 0.275 e. The van der Waals surface area contributed by atoms with E-state index in [0.29, 0.717) is 5.82 Å². The molecular formula is C18H16ClFN4O. The van der Waals surface area contributed by atoms with Crippen LogP contribution in [0.4, 0.5) is 10.1 Å². The Balaban J connectivity index is 1.95. The molecule has 0 saturated carbocycles. The van der Waals surface area contributed by atoms with Gasteiger partial charge in [-0.2, -0.15) is 5.10 Å². The van der Waals surface area contributed by atoms with E-state index in [1.54, 1.807) is 29.8 Å². The normalized spacial score (nSPS) is 10.8. The predicted octanol–water partition coefficient (Wildman–Crippen LogP) is 4.24. The molecule has 0 saturated heterocycles. The minimum atomic E-state index is -0.587. The van der Waals surface area contributed by atoms with Crippen LogP contribution in [-0.2, 0) is 0 Å². The highest BCUT2D eigenvalue weighted by Gasteiger charge is 2.17. The molecule has 0 aliphatic heterocycles. The zero-order valence-electron chi connectivity index (χ0n) is 14.0. The Morgan fingerprint density at radius 3 is 2.56 bits per heavy atom. The van der Waals surface area contributed by atoms with Crippen molar-refractivity contribution in [2.45, 2.75) is 20.8 Å². The van der Waals surface area contributed by atoms with Crippen molar-refractivity contribution in [3.05, 3.63) is 69.9 Å². The first-order valence-electron chi connectivity index (χ1n) is 7.63. The van der Waals surface area contributed by atoms with Gasteiger partial charge in [0.25, 0.3) is 5.91 Å². The van der Waals surface area contributed by atoms with E-state index in [-0.39, 0.29) is 16.4 Å². The second kappa shape index (κ2) is 6.64. The number of benzene rings is 1. The lowest BCUT2D eigenvalue weighted by molar-refractivity contribution is 0.102. The molecule has 0 fully saturated rings. The topological polar surface area (TPSA) is 59.8 Å². The maximum Gasteiger partial charge on any atom is 0.275 e. The number of aryl methyl sites for hydroxylation is 3. The fourth-order valence-corrected chi connectivity index (χ4v) is 2.66. The maximum atomic E-state index is 13.9. The Morgan fingerprint density at radius 2 is 1.92 bits per heavy atom. The summed E-state index contributed by atoms with van der Waals surface area (Å²) in [6.45, 7) is 5.52. The number of nitrogens with zero attached hydrogens (tertiary/aromatic N) is 3. The van der Waals surface area contributed by atoms with Gasteiger partial charge in [0.1, 0.15) is 11.5 Å². The number of nitrogens with one attached hydrogen (secondary N) is 1. The quantitative estimate of drug-likeness (QED) is 0.761. The second-order valence-electron chi connectivity index (χ2n) is 5.78. The minimum absolute atomic E-state index is 0.00620. The molecule has 25 heavy (non-hydrogen) atoms. The molecule has 2 aromatic heterocycles. The lowest BCUT2D eigenvalue weighted by Crippen LogP contribution is -2.17. The molecule has 0 bridgehead atoms. The van der Waals surface area contributed by atoms with Crippen molar-refractivity contribution in [2.75, 3.05) is 5.32 Å². The standard InChI is InChI=1S/C18H16ClFN4O/c1-10-4-6-15(14(20)8-10)21-18(25)17-13(19)5-7-16(22-17)24-12(3)9-11(2)23-24/h4-9H,1-3H3,(H,21,25). The Hall–Kier alpha value is -2.73. The van der Waals surface area contributed by atoms with Gasteiger partial charge in [-0.25, -0.2) is 14.1 Å². The zero-order valence-corrected chi connectivity index (χ0v) is 14.7. The van der Waals surface area contributed by atoms with E-state index in [2.05, 4.69) is 15.4 Å². The molecule has 0 atom stereocenters. The third-order valence-corrected chi connectivity index (χ3v) is 3.95. The van der Waals surface area contributed by atoms with E-state index in [1.165, 1.54) is 12.1 Å². The van der Waals surface area contributed by atoms with Gasteiger partial charge < -0.3 is 5.32 Å².